The molecule has 0 fully saturated rings. The van der Waals surface area contributed by atoms with E-state index in [0.29, 0.717) is 28.1 Å². The van der Waals surface area contributed by atoms with Crippen molar-refractivity contribution in [3.63, 3.8) is 0 Å². The molecule has 0 saturated carbocycles. The van der Waals surface area contributed by atoms with Crippen molar-refractivity contribution in [1.29, 1.82) is 5.26 Å². The van der Waals surface area contributed by atoms with E-state index in [1.165, 1.54) is 17.3 Å². The summed E-state index contributed by atoms with van der Waals surface area (Å²) in [7, 11) is 0. The second-order valence-corrected chi connectivity index (χ2v) is 8.00. The van der Waals surface area contributed by atoms with Gasteiger partial charge in [0.15, 0.2) is 0 Å². The van der Waals surface area contributed by atoms with Crippen LogP contribution in [-0.4, -0.2) is 16.6 Å². The molecule has 0 radical (unpaired) electrons. The van der Waals surface area contributed by atoms with Crippen LogP contribution < -0.4 is 5.32 Å². The Kier molecular flexibility index (Phi) is 6.18. The smallest absolute Gasteiger partial charge is 0.230 e. The third-order valence-electron chi connectivity index (χ3n) is 4.46. The van der Waals surface area contributed by atoms with Gasteiger partial charge in [0.1, 0.15) is 11.1 Å². The van der Waals surface area contributed by atoms with Crippen LogP contribution in [0.25, 0.3) is 0 Å². The number of nitrogens with one attached hydrogen (secondary N) is 1. The first-order valence-corrected chi connectivity index (χ1v) is 9.98. The number of nitrogens with zero attached hydrogens (tertiary/aromatic N) is 2. The minimum Gasteiger partial charge on any atom is -0.351 e. The molecule has 0 saturated heterocycles. The van der Waals surface area contributed by atoms with Gasteiger partial charge in [-0.3, -0.25) is 4.79 Å². The number of thioether (sulfide) groups is 1. The number of halogens is 1. The number of fused-ring (bicyclic) bond motifs is 1. The van der Waals surface area contributed by atoms with E-state index in [1.807, 2.05) is 18.2 Å². The van der Waals surface area contributed by atoms with Gasteiger partial charge < -0.3 is 5.32 Å². The van der Waals surface area contributed by atoms with Crippen LogP contribution in [0.4, 0.5) is 0 Å². The van der Waals surface area contributed by atoms with E-state index in [9.17, 15) is 10.1 Å². The van der Waals surface area contributed by atoms with E-state index >= 15 is 0 Å². The monoisotopic (exact) mass is 385 g/mol. The van der Waals surface area contributed by atoms with Crippen LogP contribution in [0.3, 0.4) is 0 Å². The first-order chi connectivity index (χ1) is 12.5. The lowest BCUT2D eigenvalue weighted by atomic mass is 9.87. The topological polar surface area (TPSA) is 65.8 Å². The second kappa shape index (κ2) is 8.57. The van der Waals surface area contributed by atoms with Crippen molar-refractivity contribution in [3.8, 4) is 6.07 Å². The molecular formula is C20H20ClN3OS. The summed E-state index contributed by atoms with van der Waals surface area (Å²) in [6.45, 7) is 2.68. The molecule has 0 aliphatic heterocycles. The highest BCUT2D eigenvalue weighted by molar-refractivity contribution is 8.00. The van der Waals surface area contributed by atoms with Crippen molar-refractivity contribution in [3.05, 3.63) is 57.7 Å². The maximum Gasteiger partial charge on any atom is 0.230 e. The molecule has 1 aliphatic carbocycles. The number of pyridine rings is 1. The lowest BCUT2D eigenvalue weighted by molar-refractivity contribution is -0.118. The molecule has 2 aromatic rings. The van der Waals surface area contributed by atoms with Crippen molar-refractivity contribution in [1.82, 2.24) is 10.3 Å². The van der Waals surface area contributed by atoms with E-state index < -0.39 is 0 Å². The van der Waals surface area contributed by atoms with Gasteiger partial charge in [-0.2, -0.15) is 5.26 Å². The van der Waals surface area contributed by atoms with Crippen molar-refractivity contribution in [2.24, 2.45) is 5.92 Å². The molecule has 4 nitrogen and oxygen atoms in total. The number of aryl methyl sites for hydroxylation is 1. The molecule has 1 aliphatic rings. The van der Waals surface area contributed by atoms with E-state index in [1.54, 1.807) is 12.1 Å². The Bertz CT molecular complexity index is 845. The molecule has 1 heterocycles. The average molecular weight is 386 g/mol. The van der Waals surface area contributed by atoms with Crippen LogP contribution in [0.15, 0.2) is 35.4 Å². The van der Waals surface area contributed by atoms with E-state index in [-0.39, 0.29) is 11.7 Å². The van der Waals surface area contributed by atoms with Crippen molar-refractivity contribution in [2.75, 3.05) is 5.75 Å². The summed E-state index contributed by atoms with van der Waals surface area (Å²) in [6, 6.07) is 11.5. The predicted octanol–water partition coefficient (Wildman–Crippen LogP) is 4.14. The summed E-state index contributed by atoms with van der Waals surface area (Å²) in [5.74, 6) is 0.791. The molecule has 0 bridgehead atoms. The van der Waals surface area contributed by atoms with Crippen LogP contribution in [-0.2, 0) is 24.2 Å². The summed E-state index contributed by atoms with van der Waals surface area (Å²) >= 11 is 7.18. The number of carbonyl (C=O) groups is 1. The minimum atomic E-state index is -0.0815. The van der Waals surface area contributed by atoms with Gasteiger partial charge in [0, 0.05) is 17.3 Å². The summed E-state index contributed by atoms with van der Waals surface area (Å²) in [5.41, 5.74) is 3.81. The highest BCUT2D eigenvalue weighted by atomic mass is 35.5. The first kappa shape index (κ1) is 18.8. The van der Waals surface area contributed by atoms with E-state index in [0.717, 1.165) is 30.5 Å². The summed E-state index contributed by atoms with van der Waals surface area (Å²) in [6.07, 6.45) is 3.04. The zero-order valence-electron chi connectivity index (χ0n) is 14.6. The lowest BCUT2D eigenvalue weighted by Crippen LogP contribution is -2.24. The summed E-state index contributed by atoms with van der Waals surface area (Å²) in [5, 5.41) is 13.6. The van der Waals surface area contributed by atoms with E-state index in [2.05, 4.69) is 23.3 Å². The van der Waals surface area contributed by atoms with Crippen LogP contribution in [0.5, 0.6) is 0 Å². The van der Waals surface area contributed by atoms with Crippen molar-refractivity contribution < 1.29 is 4.79 Å². The number of rotatable bonds is 5. The number of hydrogen-bond acceptors (Lipinski definition) is 4. The molecule has 3 rings (SSSR count). The highest BCUT2D eigenvalue weighted by Crippen LogP contribution is 2.29. The lowest BCUT2D eigenvalue weighted by Gasteiger charge is -2.21. The Morgan fingerprint density at radius 2 is 2.19 bits per heavy atom. The van der Waals surface area contributed by atoms with E-state index in [4.69, 9.17) is 11.6 Å². The Morgan fingerprint density at radius 1 is 1.42 bits per heavy atom. The number of hydrogen-bond donors (Lipinski definition) is 1. The maximum atomic E-state index is 12.1. The Balaban J connectivity index is 1.59. The number of amides is 1. The molecule has 0 spiro atoms. The molecule has 1 aromatic heterocycles. The van der Waals surface area contributed by atoms with Gasteiger partial charge in [0.2, 0.25) is 5.91 Å². The molecule has 1 N–H and O–H groups in total. The summed E-state index contributed by atoms with van der Waals surface area (Å²) in [4.78, 5) is 16.8. The van der Waals surface area contributed by atoms with Gasteiger partial charge in [-0.1, -0.05) is 42.4 Å². The molecule has 6 heteroatoms. The Hall–Kier alpha value is -2.03. The molecule has 134 valence electrons. The third kappa shape index (κ3) is 4.78. The zero-order valence-corrected chi connectivity index (χ0v) is 16.2. The largest absolute Gasteiger partial charge is 0.351 e. The van der Waals surface area contributed by atoms with Crippen LogP contribution in [0.2, 0.25) is 5.02 Å². The zero-order chi connectivity index (χ0) is 18.5. The molecule has 1 aromatic carbocycles. The first-order valence-electron chi connectivity index (χ1n) is 8.62. The highest BCUT2D eigenvalue weighted by Gasteiger charge is 2.19. The number of aromatic nitrogens is 1. The average Bonchev–Trinajstić information content (AvgIpc) is 2.65. The predicted molar refractivity (Wildman–Crippen MR) is 104 cm³/mol. The fourth-order valence-electron chi connectivity index (χ4n) is 3.01. The van der Waals surface area contributed by atoms with Crippen molar-refractivity contribution >= 4 is 29.3 Å². The number of carbonyl (C=O) groups excluding carboxylic acids is 1. The van der Waals surface area contributed by atoms with Gasteiger partial charge in [-0.25, -0.2) is 4.98 Å². The third-order valence-corrected chi connectivity index (χ3v) is 5.70. The molecule has 1 unspecified atom stereocenters. The van der Waals surface area contributed by atoms with Crippen LogP contribution >= 0.6 is 23.4 Å². The van der Waals surface area contributed by atoms with Gasteiger partial charge in [0.05, 0.1) is 11.3 Å². The van der Waals surface area contributed by atoms with Gasteiger partial charge >= 0.3 is 0 Å². The SMILES string of the molecule is CC1CCc2nc(SCC(=O)NCc3ccc(Cl)cc3)c(C#N)cc2C1. The molecule has 1 amide bonds. The normalized spacial score (nSPS) is 15.8. The van der Waals surface area contributed by atoms with Crippen LogP contribution in [0, 0.1) is 17.2 Å². The molecule has 26 heavy (non-hydrogen) atoms. The maximum absolute atomic E-state index is 12.1. The summed E-state index contributed by atoms with van der Waals surface area (Å²) < 4.78 is 0. The van der Waals surface area contributed by atoms with Crippen molar-refractivity contribution in [2.45, 2.75) is 37.8 Å². The number of benzene rings is 1. The number of nitriles is 1. The fraction of sp³-hybridized carbons (Fsp3) is 0.350. The minimum absolute atomic E-state index is 0.0815. The van der Waals surface area contributed by atoms with Gasteiger partial charge in [-0.05, 0) is 54.5 Å². The van der Waals surface area contributed by atoms with Gasteiger partial charge in [0.25, 0.3) is 0 Å². The Labute approximate surface area is 163 Å². The van der Waals surface area contributed by atoms with Crippen LogP contribution in [0.1, 0.15) is 35.7 Å². The molecule has 1 atom stereocenters. The Morgan fingerprint density at radius 3 is 2.92 bits per heavy atom. The quantitative estimate of drug-likeness (QED) is 0.785. The second-order valence-electron chi connectivity index (χ2n) is 6.60. The van der Waals surface area contributed by atoms with Gasteiger partial charge in [-0.15, -0.1) is 0 Å². The standard InChI is InChI=1S/C20H20ClN3OS/c1-13-2-7-18-15(8-13)9-16(10-22)20(24-18)26-12-19(25)23-11-14-3-5-17(21)6-4-14/h3-6,9,13H,2,7-8,11-12H2,1H3,(H,23,25). The fourth-order valence-corrected chi connectivity index (χ4v) is 3.94. The molecular weight excluding hydrogens is 366 g/mol.